The van der Waals surface area contributed by atoms with Crippen LogP contribution >= 0.6 is 15.9 Å². The van der Waals surface area contributed by atoms with Crippen LogP contribution in [0.4, 0.5) is 8.78 Å². The molecule has 0 aliphatic heterocycles. The van der Waals surface area contributed by atoms with Crippen molar-refractivity contribution in [1.29, 1.82) is 0 Å². The first kappa shape index (κ1) is 14.6. The van der Waals surface area contributed by atoms with Crippen molar-refractivity contribution < 1.29 is 13.6 Å². The standard InChI is InChI=1S/C14H11BrF2N2O/c1-8(10-5-4-9(16)7-12(10)17)19-14(20)13-11(15)3-2-6-18-13/h2-8H,1H3,(H,19,20). The lowest BCUT2D eigenvalue weighted by Crippen LogP contribution is -2.28. The molecule has 1 N–H and O–H groups in total. The molecule has 0 fully saturated rings. The van der Waals surface area contributed by atoms with E-state index in [0.717, 1.165) is 12.1 Å². The first-order chi connectivity index (χ1) is 9.49. The van der Waals surface area contributed by atoms with E-state index in [0.29, 0.717) is 4.47 Å². The average molecular weight is 341 g/mol. The maximum Gasteiger partial charge on any atom is 0.271 e. The zero-order valence-electron chi connectivity index (χ0n) is 10.5. The summed E-state index contributed by atoms with van der Waals surface area (Å²) < 4.78 is 27.0. The van der Waals surface area contributed by atoms with Crippen molar-refractivity contribution >= 4 is 21.8 Å². The number of hydrogen-bond acceptors (Lipinski definition) is 2. The Morgan fingerprint density at radius 1 is 1.35 bits per heavy atom. The highest BCUT2D eigenvalue weighted by Gasteiger charge is 2.17. The number of rotatable bonds is 3. The lowest BCUT2D eigenvalue weighted by molar-refractivity contribution is 0.0933. The summed E-state index contributed by atoms with van der Waals surface area (Å²) in [7, 11) is 0. The molecule has 0 saturated carbocycles. The van der Waals surface area contributed by atoms with Crippen molar-refractivity contribution in [1.82, 2.24) is 10.3 Å². The van der Waals surface area contributed by atoms with Crippen LogP contribution in [0.25, 0.3) is 0 Å². The Bertz CT molecular complexity index is 649. The number of carbonyl (C=O) groups excluding carboxylic acids is 1. The summed E-state index contributed by atoms with van der Waals surface area (Å²) in [5, 5.41) is 2.62. The van der Waals surface area contributed by atoms with Crippen LogP contribution in [0.3, 0.4) is 0 Å². The first-order valence-electron chi connectivity index (χ1n) is 5.85. The van der Waals surface area contributed by atoms with E-state index in [4.69, 9.17) is 0 Å². The zero-order valence-corrected chi connectivity index (χ0v) is 12.1. The number of pyridine rings is 1. The minimum Gasteiger partial charge on any atom is -0.344 e. The average Bonchev–Trinajstić information content (AvgIpc) is 2.38. The SMILES string of the molecule is CC(NC(=O)c1ncccc1Br)c1ccc(F)cc1F. The summed E-state index contributed by atoms with van der Waals surface area (Å²) in [5.74, 6) is -1.79. The van der Waals surface area contributed by atoms with Gasteiger partial charge in [0.15, 0.2) is 0 Å². The van der Waals surface area contributed by atoms with Gasteiger partial charge in [-0.15, -0.1) is 0 Å². The number of halogens is 3. The largest absolute Gasteiger partial charge is 0.344 e. The summed E-state index contributed by atoms with van der Waals surface area (Å²) in [6, 6.07) is 6.02. The van der Waals surface area contributed by atoms with Gasteiger partial charge in [-0.3, -0.25) is 4.79 Å². The van der Waals surface area contributed by atoms with E-state index in [-0.39, 0.29) is 11.3 Å². The quantitative estimate of drug-likeness (QED) is 0.927. The Kier molecular flexibility index (Phi) is 4.44. The molecule has 0 aliphatic rings. The molecule has 1 aromatic carbocycles. The molecule has 2 aromatic rings. The lowest BCUT2D eigenvalue weighted by atomic mass is 10.1. The van der Waals surface area contributed by atoms with Crippen LogP contribution in [-0.4, -0.2) is 10.9 Å². The molecule has 20 heavy (non-hydrogen) atoms. The molecule has 1 amide bonds. The third kappa shape index (κ3) is 3.19. The molecule has 2 rings (SSSR count). The highest BCUT2D eigenvalue weighted by Crippen LogP contribution is 2.19. The molecule has 1 unspecified atom stereocenters. The lowest BCUT2D eigenvalue weighted by Gasteiger charge is -2.15. The molecule has 1 aromatic heterocycles. The van der Waals surface area contributed by atoms with Crippen molar-refractivity contribution in [2.45, 2.75) is 13.0 Å². The summed E-state index contributed by atoms with van der Waals surface area (Å²) in [5.41, 5.74) is 0.425. The van der Waals surface area contributed by atoms with Crippen LogP contribution in [0.5, 0.6) is 0 Å². The van der Waals surface area contributed by atoms with Crippen LogP contribution in [0.15, 0.2) is 41.0 Å². The minimum absolute atomic E-state index is 0.210. The van der Waals surface area contributed by atoms with Crippen molar-refractivity contribution in [2.75, 3.05) is 0 Å². The number of benzene rings is 1. The monoisotopic (exact) mass is 340 g/mol. The Morgan fingerprint density at radius 2 is 2.10 bits per heavy atom. The van der Waals surface area contributed by atoms with E-state index >= 15 is 0 Å². The summed E-state index contributed by atoms with van der Waals surface area (Å²) >= 11 is 3.22. The van der Waals surface area contributed by atoms with Gasteiger partial charge in [0.05, 0.1) is 6.04 Å². The van der Waals surface area contributed by atoms with Crippen molar-refractivity contribution in [3.05, 3.63) is 63.9 Å². The van der Waals surface area contributed by atoms with Gasteiger partial charge in [-0.2, -0.15) is 0 Å². The normalized spacial score (nSPS) is 12.0. The number of nitrogens with one attached hydrogen (secondary N) is 1. The Hall–Kier alpha value is -1.82. The predicted octanol–water partition coefficient (Wildman–Crippen LogP) is 3.61. The van der Waals surface area contributed by atoms with Crippen molar-refractivity contribution in [2.24, 2.45) is 0 Å². The zero-order chi connectivity index (χ0) is 14.7. The maximum absolute atomic E-state index is 13.6. The molecular weight excluding hydrogens is 330 g/mol. The van der Waals surface area contributed by atoms with Crippen LogP contribution in [-0.2, 0) is 0 Å². The van der Waals surface area contributed by atoms with E-state index in [9.17, 15) is 13.6 Å². The minimum atomic E-state index is -0.696. The van der Waals surface area contributed by atoms with Gasteiger partial charge in [0.1, 0.15) is 17.3 Å². The van der Waals surface area contributed by atoms with Gasteiger partial charge in [0, 0.05) is 22.3 Å². The van der Waals surface area contributed by atoms with Gasteiger partial charge in [-0.05, 0) is 41.1 Å². The smallest absolute Gasteiger partial charge is 0.271 e. The number of amides is 1. The number of aromatic nitrogens is 1. The molecule has 0 radical (unpaired) electrons. The third-order valence-electron chi connectivity index (χ3n) is 2.75. The molecule has 1 atom stereocenters. The van der Waals surface area contributed by atoms with E-state index in [1.807, 2.05) is 0 Å². The first-order valence-corrected chi connectivity index (χ1v) is 6.64. The fraction of sp³-hybridized carbons (Fsp3) is 0.143. The fourth-order valence-electron chi connectivity index (χ4n) is 1.75. The molecule has 0 bridgehead atoms. The summed E-state index contributed by atoms with van der Waals surface area (Å²) in [6.45, 7) is 1.62. The van der Waals surface area contributed by atoms with Gasteiger partial charge in [0.25, 0.3) is 5.91 Å². The van der Waals surface area contributed by atoms with Crippen molar-refractivity contribution in [3.8, 4) is 0 Å². The second-order valence-corrected chi connectivity index (χ2v) is 5.05. The van der Waals surface area contributed by atoms with Crippen LogP contribution < -0.4 is 5.32 Å². The van der Waals surface area contributed by atoms with E-state index in [1.165, 1.54) is 12.3 Å². The fourth-order valence-corrected chi connectivity index (χ4v) is 2.18. The predicted molar refractivity (Wildman–Crippen MR) is 74.2 cm³/mol. The van der Waals surface area contributed by atoms with Crippen molar-refractivity contribution in [3.63, 3.8) is 0 Å². The molecular formula is C14H11BrF2N2O. The highest BCUT2D eigenvalue weighted by atomic mass is 79.9. The van der Waals surface area contributed by atoms with Crippen LogP contribution in [0.2, 0.25) is 0 Å². The molecule has 3 nitrogen and oxygen atoms in total. The molecule has 0 spiro atoms. The second-order valence-electron chi connectivity index (χ2n) is 4.19. The van der Waals surface area contributed by atoms with E-state index < -0.39 is 23.6 Å². The van der Waals surface area contributed by atoms with Gasteiger partial charge < -0.3 is 5.32 Å². The summed E-state index contributed by atoms with van der Waals surface area (Å²) in [6.07, 6.45) is 1.49. The van der Waals surface area contributed by atoms with Gasteiger partial charge in [0.2, 0.25) is 0 Å². The Morgan fingerprint density at radius 3 is 2.75 bits per heavy atom. The van der Waals surface area contributed by atoms with Gasteiger partial charge in [-0.1, -0.05) is 6.07 Å². The Balaban J connectivity index is 2.17. The maximum atomic E-state index is 13.6. The molecule has 0 aliphatic carbocycles. The number of nitrogens with zero attached hydrogens (tertiary/aromatic N) is 1. The topological polar surface area (TPSA) is 42.0 Å². The van der Waals surface area contributed by atoms with Crippen LogP contribution in [0.1, 0.15) is 29.0 Å². The third-order valence-corrected chi connectivity index (χ3v) is 3.39. The number of hydrogen-bond donors (Lipinski definition) is 1. The Labute approximate surface area is 123 Å². The van der Waals surface area contributed by atoms with Crippen LogP contribution in [0, 0.1) is 11.6 Å². The van der Waals surface area contributed by atoms with Gasteiger partial charge in [-0.25, -0.2) is 13.8 Å². The summed E-state index contributed by atoms with van der Waals surface area (Å²) in [4.78, 5) is 16.0. The number of carbonyl (C=O) groups is 1. The highest BCUT2D eigenvalue weighted by molar-refractivity contribution is 9.10. The molecule has 1 heterocycles. The van der Waals surface area contributed by atoms with Gasteiger partial charge >= 0.3 is 0 Å². The molecule has 0 saturated heterocycles. The molecule has 104 valence electrons. The van der Waals surface area contributed by atoms with E-state index in [1.54, 1.807) is 19.1 Å². The van der Waals surface area contributed by atoms with E-state index in [2.05, 4.69) is 26.2 Å². The molecule has 6 heteroatoms. The second kappa shape index (κ2) is 6.09.